The zero-order valence-corrected chi connectivity index (χ0v) is 15.0. The Labute approximate surface area is 162 Å². The van der Waals surface area contributed by atoms with E-state index in [-0.39, 0.29) is 11.1 Å². The van der Waals surface area contributed by atoms with Crippen LogP contribution in [0.2, 0.25) is 0 Å². The molecule has 2 heterocycles. The quantitative estimate of drug-likeness (QED) is 0.660. The van der Waals surface area contributed by atoms with Crippen molar-refractivity contribution in [1.29, 1.82) is 0 Å². The topological polar surface area (TPSA) is 91.4 Å². The van der Waals surface area contributed by atoms with Gasteiger partial charge in [-0.15, -0.1) is 10.2 Å². The van der Waals surface area contributed by atoms with E-state index >= 15 is 0 Å². The number of amides is 1. The van der Waals surface area contributed by atoms with E-state index in [0.29, 0.717) is 10.9 Å². The molecule has 0 saturated heterocycles. The van der Waals surface area contributed by atoms with Crippen LogP contribution >= 0.6 is 0 Å². The van der Waals surface area contributed by atoms with Crippen LogP contribution in [0.5, 0.6) is 0 Å². The molecule has 0 spiro atoms. The van der Waals surface area contributed by atoms with Crippen molar-refractivity contribution in [3.8, 4) is 11.1 Å². The Morgan fingerprint density at radius 3 is 2.38 bits per heavy atom. The summed E-state index contributed by atoms with van der Waals surface area (Å²) in [6.45, 7) is 1.37. The zero-order chi connectivity index (χ0) is 20.6. The molecule has 1 aliphatic heterocycles. The number of nitrogens with zero attached hydrogens (tertiary/aromatic N) is 5. The molecule has 29 heavy (non-hydrogen) atoms. The Hall–Kier alpha value is -3.69. The third kappa shape index (κ3) is 3.44. The van der Waals surface area contributed by atoms with Crippen molar-refractivity contribution in [3.05, 3.63) is 65.9 Å². The molecule has 1 aromatic heterocycles. The lowest BCUT2D eigenvalue weighted by Gasteiger charge is -2.21. The molecule has 1 amide bonds. The first-order chi connectivity index (χ1) is 13.8. The summed E-state index contributed by atoms with van der Waals surface area (Å²) < 4.78 is 42.6. The van der Waals surface area contributed by atoms with Gasteiger partial charge in [0.1, 0.15) is 0 Å². The van der Waals surface area contributed by atoms with Crippen LogP contribution < -0.4 is 5.32 Å². The highest BCUT2D eigenvalue weighted by atomic mass is 19.4. The van der Waals surface area contributed by atoms with Crippen molar-refractivity contribution in [1.82, 2.24) is 10.3 Å². The SMILES string of the molecule is CC1(NC(=O)c2cc3cccnc3c(-c3ccccc3)c2C(F)(F)F)N=NN=N1. The van der Waals surface area contributed by atoms with E-state index in [2.05, 4.69) is 31.0 Å². The van der Waals surface area contributed by atoms with Gasteiger partial charge >= 0.3 is 6.18 Å². The number of carbonyl (C=O) groups is 1. The third-order valence-corrected chi connectivity index (χ3v) is 4.35. The van der Waals surface area contributed by atoms with Crippen LogP contribution in [0.25, 0.3) is 22.0 Å². The second-order valence-corrected chi connectivity index (χ2v) is 6.47. The molecule has 10 heteroatoms. The monoisotopic (exact) mass is 398 g/mol. The summed E-state index contributed by atoms with van der Waals surface area (Å²) in [5, 5.41) is 16.6. The van der Waals surface area contributed by atoms with Crippen LogP contribution in [0.4, 0.5) is 13.2 Å². The maximum atomic E-state index is 14.2. The Bertz CT molecular complexity index is 1150. The van der Waals surface area contributed by atoms with Gasteiger partial charge in [-0.3, -0.25) is 9.78 Å². The fourth-order valence-electron chi connectivity index (χ4n) is 3.15. The minimum absolute atomic E-state index is 0.147. The van der Waals surface area contributed by atoms with Crippen molar-refractivity contribution < 1.29 is 18.0 Å². The number of aromatic nitrogens is 1. The molecule has 4 rings (SSSR count). The number of hydrogen-bond acceptors (Lipinski definition) is 6. The lowest BCUT2D eigenvalue weighted by atomic mass is 9.91. The molecule has 0 bridgehead atoms. The molecule has 3 aromatic rings. The molecule has 2 aromatic carbocycles. The average molecular weight is 398 g/mol. The van der Waals surface area contributed by atoms with Crippen LogP contribution in [0.3, 0.4) is 0 Å². The Morgan fingerprint density at radius 1 is 1.03 bits per heavy atom. The first-order valence-electron chi connectivity index (χ1n) is 8.49. The van der Waals surface area contributed by atoms with Crippen molar-refractivity contribution in [3.63, 3.8) is 0 Å². The lowest BCUT2D eigenvalue weighted by molar-refractivity contribution is -0.137. The van der Waals surface area contributed by atoms with Crippen LogP contribution in [-0.2, 0) is 6.18 Å². The van der Waals surface area contributed by atoms with E-state index in [9.17, 15) is 18.0 Å². The highest BCUT2D eigenvalue weighted by Crippen LogP contribution is 2.43. The number of pyridine rings is 1. The zero-order valence-electron chi connectivity index (χ0n) is 15.0. The van der Waals surface area contributed by atoms with Gasteiger partial charge in [-0.2, -0.15) is 13.2 Å². The van der Waals surface area contributed by atoms with Gasteiger partial charge in [-0.1, -0.05) is 36.4 Å². The molecule has 146 valence electrons. The minimum atomic E-state index is -4.82. The highest BCUT2D eigenvalue weighted by Gasteiger charge is 2.41. The summed E-state index contributed by atoms with van der Waals surface area (Å²) >= 11 is 0. The number of hydrogen-bond donors (Lipinski definition) is 1. The molecule has 1 aliphatic rings. The smallest absolute Gasteiger partial charge is 0.307 e. The molecule has 0 unspecified atom stereocenters. The van der Waals surface area contributed by atoms with Gasteiger partial charge in [-0.25, -0.2) is 0 Å². The average Bonchev–Trinajstić information content (AvgIpc) is 3.12. The molecule has 0 fully saturated rings. The number of benzene rings is 2. The van der Waals surface area contributed by atoms with Crippen LogP contribution in [0.1, 0.15) is 22.8 Å². The highest BCUT2D eigenvalue weighted by molar-refractivity contribution is 6.06. The fourth-order valence-corrected chi connectivity index (χ4v) is 3.15. The fraction of sp³-hybridized carbons (Fsp3) is 0.158. The number of halogens is 3. The van der Waals surface area contributed by atoms with Crippen molar-refractivity contribution in [2.24, 2.45) is 20.7 Å². The van der Waals surface area contributed by atoms with E-state index in [4.69, 9.17) is 0 Å². The number of alkyl halides is 3. The molecule has 0 saturated carbocycles. The maximum Gasteiger partial charge on any atom is 0.417 e. The Kier molecular flexibility index (Phi) is 4.33. The Morgan fingerprint density at radius 2 is 1.72 bits per heavy atom. The minimum Gasteiger partial charge on any atom is -0.307 e. The van der Waals surface area contributed by atoms with Crippen molar-refractivity contribution in [2.45, 2.75) is 18.9 Å². The first-order valence-corrected chi connectivity index (χ1v) is 8.49. The van der Waals surface area contributed by atoms with Crippen molar-refractivity contribution in [2.75, 3.05) is 0 Å². The van der Waals surface area contributed by atoms with E-state index in [1.807, 2.05) is 0 Å². The molecule has 0 aliphatic carbocycles. The van der Waals surface area contributed by atoms with Gasteiger partial charge in [0.2, 0.25) is 0 Å². The summed E-state index contributed by atoms with van der Waals surface area (Å²) in [5.74, 6) is -2.56. The van der Waals surface area contributed by atoms with Crippen LogP contribution in [0, 0.1) is 0 Å². The number of carbonyl (C=O) groups excluding carboxylic acids is 1. The molecule has 1 N–H and O–H groups in total. The number of nitrogens with one attached hydrogen (secondary N) is 1. The van der Waals surface area contributed by atoms with Gasteiger partial charge in [-0.05, 0) is 28.1 Å². The largest absolute Gasteiger partial charge is 0.417 e. The summed E-state index contributed by atoms with van der Waals surface area (Å²) in [6.07, 6.45) is -3.40. The second-order valence-electron chi connectivity index (χ2n) is 6.47. The van der Waals surface area contributed by atoms with E-state index in [1.165, 1.54) is 19.2 Å². The standard InChI is InChI=1S/C19H13F3N6O/c1-18(25-27-28-26-18)24-17(29)13-10-12-8-5-9-23-16(12)14(15(13)19(20,21)22)11-6-3-2-4-7-11/h2-10H,1H3,(H,24,29). The van der Waals surface area contributed by atoms with Gasteiger partial charge in [0.05, 0.1) is 16.6 Å². The first kappa shape index (κ1) is 18.7. The molecular weight excluding hydrogens is 385 g/mol. The third-order valence-electron chi connectivity index (χ3n) is 4.35. The Balaban J connectivity index is 2.01. The predicted octanol–water partition coefficient (Wildman–Crippen LogP) is 5.16. The second kappa shape index (κ2) is 6.73. The molecule has 0 atom stereocenters. The van der Waals surface area contributed by atoms with Crippen LogP contribution in [0.15, 0.2) is 75.4 Å². The number of rotatable bonds is 3. The maximum absolute atomic E-state index is 14.2. The van der Waals surface area contributed by atoms with E-state index in [1.54, 1.807) is 42.5 Å². The van der Waals surface area contributed by atoms with Gasteiger partial charge in [0.25, 0.3) is 11.7 Å². The molecule has 0 radical (unpaired) electrons. The summed E-state index contributed by atoms with van der Waals surface area (Å²) in [4.78, 5) is 17.0. The van der Waals surface area contributed by atoms with Gasteiger partial charge in [0, 0.05) is 24.1 Å². The van der Waals surface area contributed by atoms with Crippen molar-refractivity contribution >= 4 is 16.8 Å². The number of fused-ring (bicyclic) bond motifs is 1. The van der Waals surface area contributed by atoms with Crippen LogP contribution in [-0.4, -0.2) is 16.7 Å². The summed E-state index contributed by atoms with van der Waals surface area (Å²) in [7, 11) is 0. The normalized spacial score (nSPS) is 15.0. The summed E-state index contributed by atoms with van der Waals surface area (Å²) in [5.41, 5.74) is -1.36. The van der Waals surface area contributed by atoms with E-state index < -0.39 is 29.0 Å². The lowest BCUT2D eigenvalue weighted by Crippen LogP contribution is -2.42. The van der Waals surface area contributed by atoms with E-state index in [0.717, 1.165) is 0 Å². The molecule has 7 nitrogen and oxygen atoms in total. The summed E-state index contributed by atoms with van der Waals surface area (Å²) in [6, 6.07) is 12.4. The predicted molar refractivity (Wildman–Crippen MR) is 97.8 cm³/mol. The van der Waals surface area contributed by atoms with Gasteiger partial charge in [0.15, 0.2) is 0 Å². The molecular formula is C19H13F3N6O. The van der Waals surface area contributed by atoms with Gasteiger partial charge < -0.3 is 5.32 Å².